The van der Waals surface area contributed by atoms with Crippen molar-refractivity contribution in [1.29, 1.82) is 0 Å². The molecule has 31 heavy (non-hydrogen) atoms. The number of esters is 1. The summed E-state index contributed by atoms with van der Waals surface area (Å²) in [4.78, 5) is 56.4. The van der Waals surface area contributed by atoms with E-state index in [0.29, 0.717) is 0 Å². The Kier molecular flexibility index (Phi) is 9.80. The maximum absolute atomic E-state index is 12.6. The van der Waals surface area contributed by atoms with Crippen LogP contribution in [0.15, 0.2) is 10.5 Å². The number of anilines is 1. The molecule has 3 N–H and O–H groups in total. The zero-order valence-electron chi connectivity index (χ0n) is 15.2. The first kappa shape index (κ1) is 27.2. The number of ether oxygens (including phenoxy) is 1. The molecule has 0 saturated carbocycles. The van der Waals surface area contributed by atoms with E-state index < -0.39 is 51.8 Å². The van der Waals surface area contributed by atoms with E-state index in [-0.39, 0.29) is 50.6 Å². The summed E-state index contributed by atoms with van der Waals surface area (Å²) < 4.78 is 36.0. The van der Waals surface area contributed by atoms with Crippen LogP contribution in [0.4, 0.5) is 5.13 Å². The number of rotatable bonds is 8. The Morgan fingerprint density at radius 3 is 2.55 bits per heavy atom. The van der Waals surface area contributed by atoms with E-state index in [2.05, 4.69) is 30.3 Å². The number of halogens is 1. The van der Waals surface area contributed by atoms with Crippen LogP contribution in [0.3, 0.4) is 0 Å². The van der Waals surface area contributed by atoms with Crippen LogP contribution in [0.1, 0.15) is 5.69 Å². The van der Waals surface area contributed by atoms with E-state index in [4.69, 9.17) is 16.2 Å². The average Bonchev–Trinajstić information content (AvgIpc) is 3.13. The van der Waals surface area contributed by atoms with E-state index in [0.717, 1.165) is 25.6 Å². The molecule has 1 saturated heterocycles. The minimum atomic E-state index is -5.07. The van der Waals surface area contributed by atoms with Crippen LogP contribution in [0.25, 0.3) is 0 Å². The molecular weight excluding hydrogens is 493 g/mol. The van der Waals surface area contributed by atoms with Gasteiger partial charge in [-0.15, -0.1) is 22.9 Å². The van der Waals surface area contributed by atoms with Gasteiger partial charge in [0.25, 0.3) is 11.8 Å². The monoisotopic (exact) mass is 507 g/mol. The van der Waals surface area contributed by atoms with Crippen molar-refractivity contribution in [3.05, 3.63) is 11.1 Å². The molecule has 0 radical (unpaired) electrons. The summed E-state index contributed by atoms with van der Waals surface area (Å²) in [7, 11) is -3.01. The molecule has 1 aliphatic rings. The second-order valence-electron chi connectivity index (χ2n) is 5.37. The van der Waals surface area contributed by atoms with Crippen molar-refractivity contribution >= 4 is 97.3 Å². The number of hydrogen-bond donors (Lipinski definition) is 3. The summed E-state index contributed by atoms with van der Waals surface area (Å²) in [5.74, 6) is -4.39. The molecule has 1 fully saturated rings. The third-order valence-corrected chi connectivity index (χ3v) is 5.45. The first-order valence-electron chi connectivity index (χ1n) is 7.67. The van der Waals surface area contributed by atoms with Crippen LogP contribution < -0.4 is 10.6 Å². The van der Waals surface area contributed by atoms with Crippen molar-refractivity contribution < 1.29 is 41.7 Å². The van der Waals surface area contributed by atoms with Gasteiger partial charge >= 0.3 is 45.8 Å². The van der Waals surface area contributed by atoms with Crippen molar-refractivity contribution in [3.8, 4) is 0 Å². The summed E-state index contributed by atoms with van der Waals surface area (Å²) in [6.45, 7) is 0. The first-order valence-corrected chi connectivity index (χ1v) is 10.5. The Balaban J connectivity index is 0.00000480. The maximum atomic E-state index is 12.6. The number of oxime groups is 1. The molecule has 14 nitrogen and oxygen atoms in total. The first-order chi connectivity index (χ1) is 14.0. The molecule has 3 amide bonds. The normalized spacial score (nSPS) is 18.4. The molecular formula is C13H15ClN5NaO9S2. The van der Waals surface area contributed by atoms with Gasteiger partial charge in [-0.25, -0.2) is 9.78 Å². The predicted octanol–water partition coefficient (Wildman–Crippen LogP) is -2.31. The molecule has 0 spiro atoms. The number of carbonyl (C=O) groups is 4. The fourth-order valence-corrected chi connectivity index (χ4v) is 3.92. The van der Waals surface area contributed by atoms with E-state index in [1.54, 1.807) is 0 Å². The minimum absolute atomic E-state index is 0. The number of nitrogens with one attached hydrogen (secondary N) is 2. The van der Waals surface area contributed by atoms with Gasteiger partial charge in [0, 0.05) is 5.38 Å². The second-order valence-corrected chi connectivity index (χ2v) is 7.79. The van der Waals surface area contributed by atoms with Gasteiger partial charge in [-0.05, 0) is 0 Å². The molecule has 1 aliphatic heterocycles. The van der Waals surface area contributed by atoms with Crippen LogP contribution >= 0.6 is 22.9 Å². The molecule has 2 atom stereocenters. The quantitative estimate of drug-likeness (QED) is 0.0654. The summed E-state index contributed by atoms with van der Waals surface area (Å²) in [6, 6.07) is -3.48. The topological polar surface area (TPSA) is 194 Å². The number of thiazole rings is 1. The Bertz CT molecular complexity index is 1010. The summed E-state index contributed by atoms with van der Waals surface area (Å²) in [5.41, 5.74) is -0.501. The van der Waals surface area contributed by atoms with Crippen molar-refractivity contribution in [2.75, 3.05) is 25.4 Å². The second kappa shape index (κ2) is 11.2. The Labute approximate surface area is 206 Å². The third-order valence-electron chi connectivity index (χ3n) is 3.54. The van der Waals surface area contributed by atoms with Crippen LogP contribution in [0.2, 0.25) is 0 Å². The Morgan fingerprint density at radius 1 is 1.39 bits per heavy atom. The zero-order chi connectivity index (χ0) is 22.6. The fraction of sp³-hybridized carbons (Fsp3) is 0.385. The predicted molar refractivity (Wildman–Crippen MR) is 108 cm³/mol. The van der Waals surface area contributed by atoms with Gasteiger partial charge < -0.3 is 20.2 Å². The molecule has 0 aliphatic carbocycles. The third kappa shape index (κ3) is 6.12. The van der Waals surface area contributed by atoms with Gasteiger partial charge in [-0.3, -0.25) is 18.9 Å². The van der Waals surface area contributed by atoms with Crippen molar-refractivity contribution in [2.45, 2.75) is 12.1 Å². The molecule has 18 heteroatoms. The number of hydrogen-bond acceptors (Lipinski definition) is 11. The summed E-state index contributed by atoms with van der Waals surface area (Å²) in [5, 5.41) is 9.42. The zero-order valence-corrected chi connectivity index (χ0v) is 17.6. The standard InChI is InChI=1S/C13H14ClN5O9S2.Na.H/c1-27-12(23)9-8(11(22)19(9)30(24,25)26)17-10(21)7(18-28-2)5-4-29-13(15-5)16-6(20)3-14;;/h4,8-9H,3H2,1-2H3,(H,17,21)(H,15,16,20)(H,24,25,26);;/b18-7-;;. The van der Waals surface area contributed by atoms with E-state index in [1.165, 1.54) is 5.38 Å². The van der Waals surface area contributed by atoms with Gasteiger partial charge in [-0.2, -0.15) is 12.7 Å². The molecule has 1 aromatic heterocycles. The molecule has 1 aromatic rings. The molecule has 2 rings (SSSR count). The number of carbonyl (C=O) groups excluding carboxylic acids is 4. The van der Waals surface area contributed by atoms with Gasteiger partial charge in [-0.1, -0.05) is 5.16 Å². The number of aromatic nitrogens is 1. The Morgan fingerprint density at radius 2 is 2.03 bits per heavy atom. The van der Waals surface area contributed by atoms with Gasteiger partial charge in [0.2, 0.25) is 5.91 Å². The molecule has 2 unspecified atom stereocenters. The van der Waals surface area contributed by atoms with Crippen LogP contribution in [-0.4, -0.2) is 113 Å². The summed E-state index contributed by atoms with van der Waals surface area (Å²) in [6.07, 6.45) is 0. The average molecular weight is 508 g/mol. The van der Waals surface area contributed by atoms with Gasteiger partial charge in [0.15, 0.2) is 16.9 Å². The van der Waals surface area contributed by atoms with Crippen LogP contribution in [0, 0.1) is 0 Å². The molecule has 166 valence electrons. The number of alkyl halides is 1. The SMILES string of the molecule is CO/N=C(\C(=O)NC1C(=O)N(S(=O)(=O)O)C1C(=O)OC)c1csc(NC(=O)CCl)n1.[NaH]. The molecule has 2 heterocycles. The number of nitrogens with zero attached hydrogens (tertiary/aromatic N) is 3. The van der Waals surface area contributed by atoms with Crippen molar-refractivity contribution in [2.24, 2.45) is 5.16 Å². The number of β-lactam (4-membered cyclic amide) rings is 1. The Hall–Kier alpha value is -1.82. The van der Waals surface area contributed by atoms with Crippen molar-refractivity contribution in [1.82, 2.24) is 14.6 Å². The number of amides is 3. The number of methoxy groups -OCH3 is 1. The molecule has 0 bridgehead atoms. The van der Waals surface area contributed by atoms with E-state index >= 15 is 0 Å². The molecule has 0 aromatic carbocycles. The van der Waals surface area contributed by atoms with E-state index in [9.17, 15) is 27.6 Å². The fourth-order valence-electron chi connectivity index (χ4n) is 2.31. The van der Waals surface area contributed by atoms with Crippen molar-refractivity contribution in [3.63, 3.8) is 0 Å². The van der Waals surface area contributed by atoms with Gasteiger partial charge in [0.05, 0.1) is 7.11 Å². The van der Waals surface area contributed by atoms with Crippen LogP contribution in [-0.2, 0) is 39.1 Å². The van der Waals surface area contributed by atoms with Crippen LogP contribution in [0.5, 0.6) is 0 Å². The van der Waals surface area contributed by atoms with E-state index in [1.807, 2.05) is 0 Å². The summed E-state index contributed by atoms with van der Waals surface area (Å²) >= 11 is 6.32. The van der Waals surface area contributed by atoms with Gasteiger partial charge in [0.1, 0.15) is 24.7 Å².